The van der Waals surface area contributed by atoms with Gasteiger partial charge in [-0.05, 0) is 24.3 Å². The number of amides is 1. The third-order valence-electron chi connectivity index (χ3n) is 3.06. The van der Waals surface area contributed by atoms with Gasteiger partial charge in [0.2, 0.25) is 5.91 Å². The lowest BCUT2D eigenvalue weighted by molar-refractivity contribution is -0.385. The number of anilines is 1. The molecule has 116 valence electrons. The average molecular weight is 312 g/mol. The lowest BCUT2D eigenvalue weighted by Crippen LogP contribution is -2.22. The molecule has 1 aromatic carbocycles. The zero-order chi connectivity index (χ0) is 16.8. The normalized spacial score (nSPS) is 9.87. The molecule has 0 aliphatic carbocycles. The molecule has 0 radical (unpaired) electrons. The van der Waals surface area contributed by atoms with Gasteiger partial charge in [-0.3, -0.25) is 19.7 Å². The van der Waals surface area contributed by atoms with Gasteiger partial charge < -0.3 is 9.88 Å². The van der Waals surface area contributed by atoms with E-state index in [1.165, 1.54) is 0 Å². The Morgan fingerprint density at radius 3 is 2.57 bits per heavy atom. The highest BCUT2D eigenvalue weighted by Gasteiger charge is 2.09. The molecule has 1 N–H and O–H groups in total. The van der Waals surface area contributed by atoms with Gasteiger partial charge in [0.25, 0.3) is 11.2 Å². The van der Waals surface area contributed by atoms with Gasteiger partial charge in [0.1, 0.15) is 0 Å². The first-order chi connectivity index (χ1) is 11.0. The Bertz CT molecular complexity index is 834. The number of nitrogens with zero attached hydrogens (tertiary/aromatic N) is 3. The molecule has 1 amide bonds. The average Bonchev–Trinajstić information content (AvgIpc) is 2.54. The zero-order valence-electron chi connectivity index (χ0n) is 11.9. The highest BCUT2D eigenvalue weighted by Crippen LogP contribution is 2.10. The fraction of sp³-hybridized carbons (Fsp3) is 0.133. The minimum absolute atomic E-state index is 0.0128. The van der Waals surface area contributed by atoms with Gasteiger partial charge in [0.05, 0.1) is 22.8 Å². The molecule has 0 fully saturated rings. The second-order valence-corrected chi connectivity index (χ2v) is 4.66. The minimum Gasteiger partial charge on any atom is -0.326 e. The molecule has 0 atom stereocenters. The summed E-state index contributed by atoms with van der Waals surface area (Å²) >= 11 is 0. The molecule has 8 nitrogen and oxygen atoms in total. The van der Waals surface area contributed by atoms with E-state index >= 15 is 0 Å². The van der Waals surface area contributed by atoms with Gasteiger partial charge >= 0.3 is 0 Å². The van der Waals surface area contributed by atoms with Gasteiger partial charge in [-0.15, -0.1) is 0 Å². The number of nitro groups is 1. The lowest BCUT2D eigenvalue weighted by Gasteiger charge is -2.07. The number of pyridine rings is 1. The molecule has 23 heavy (non-hydrogen) atoms. The highest BCUT2D eigenvalue weighted by molar-refractivity contribution is 5.90. The Hall–Kier alpha value is -3.47. The van der Waals surface area contributed by atoms with Crippen LogP contribution in [0.25, 0.3) is 0 Å². The maximum absolute atomic E-state index is 11.8. The second kappa shape index (κ2) is 7.00. The Morgan fingerprint density at radius 1 is 1.26 bits per heavy atom. The van der Waals surface area contributed by atoms with Crippen LogP contribution in [0.15, 0.2) is 47.4 Å². The smallest absolute Gasteiger partial charge is 0.285 e. The zero-order valence-corrected chi connectivity index (χ0v) is 11.9. The first kappa shape index (κ1) is 15.9. The first-order valence-corrected chi connectivity index (χ1v) is 6.64. The summed E-state index contributed by atoms with van der Waals surface area (Å²) in [7, 11) is 0. The van der Waals surface area contributed by atoms with E-state index in [-0.39, 0.29) is 24.6 Å². The monoisotopic (exact) mass is 312 g/mol. The van der Waals surface area contributed by atoms with E-state index < -0.39 is 10.5 Å². The fourth-order valence-corrected chi connectivity index (χ4v) is 1.88. The van der Waals surface area contributed by atoms with E-state index in [4.69, 9.17) is 5.26 Å². The van der Waals surface area contributed by atoms with Crippen LogP contribution in [0.5, 0.6) is 0 Å². The maximum atomic E-state index is 11.8. The van der Waals surface area contributed by atoms with Crippen LogP contribution in [0.4, 0.5) is 11.4 Å². The fourth-order valence-electron chi connectivity index (χ4n) is 1.88. The summed E-state index contributed by atoms with van der Waals surface area (Å²) in [5.41, 5.74) is 0.380. The summed E-state index contributed by atoms with van der Waals surface area (Å²) in [6.45, 7) is 0.0304. The molecule has 1 heterocycles. The van der Waals surface area contributed by atoms with Crippen molar-refractivity contribution in [2.45, 2.75) is 13.0 Å². The van der Waals surface area contributed by atoms with Crippen molar-refractivity contribution in [3.05, 3.63) is 68.6 Å². The van der Waals surface area contributed by atoms with Crippen LogP contribution in [-0.4, -0.2) is 15.4 Å². The second-order valence-electron chi connectivity index (χ2n) is 4.66. The lowest BCUT2D eigenvalue weighted by atomic mass is 10.2. The molecule has 2 aromatic rings. The molecule has 1 aromatic heterocycles. The van der Waals surface area contributed by atoms with Gasteiger partial charge in [-0.25, -0.2) is 0 Å². The quantitative estimate of drug-likeness (QED) is 0.665. The van der Waals surface area contributed by atoms with Crippen molar-refractivity contribution in [3.63, 3.8) is 0 Å². The van der Waals surface area contributed by atoms with Gasteiger partial charge in [-0.2, -0.15) is 5.26 Å². The number of benzene rings is 1. The van der Waals surface area contributed by atoms with Gasteiger partial charge in [-0.1, -0.05) is 0 Å². The molecule has 0 saturated carbocycles. The van der Waals surface area contributed by atoms with E-state index in [0.29, 0.717) is 11.3 Å². The Morgan fingerprint density at radius 2 is 1.96 bits per heavy atom. The van der Waals surface area contributed by atoms with Crippen LogP contribution >= 0.6 is 0 Å². The van der Waals surface area contributed by atoms with Crippen molar-refractivity contribution in [1.29, 1.82) is 5.26 Å². The standard InChI is InChI=1S/C15H12N4O4/c16-9-11-1-3-12(4-2-11)17-14(20)7-8-18-10-13(19(22)23)5-6-15(18)21/h1-6,10H,7-8H2,(H,17,20). The highest BCUT2D eigenvalue weighted by atomic mass is 16.6. The summed E-state index contributed by atoms with van der Waals surface area (Å²) < 4.78 is 1.12. The van der Waals surface area contributed by atoms with Crippen LogP contribution in [0.1, 0.15) is 12.0 Å². The number of hydrogen-bond donors (Lipinski definition) is 1. The number of rotatable bonds is 5. The number of carbonyl (C=O) groups excluding carboxylic acids is 1. The van der Waals surface area contributed by atoms with E-state index in [1.807, 2.05) is 6.07 Å². The molecular weight excluding hydrogens is 300 g/mol. The van der Waals surface area contributed by atoms with Crippen molar-refractivity contribution < 1.29 is 9.72 Å². The molecule has 0 unspecified atom stereocenters. The van der Waals surface area contributed by atoms with Crippen LogP contribution in [0, 0.1) is 21.4 Å². The molecule has 0 aliphatic heterocycles. The van der Waals surface area contributed by atoms with E-state index in [2.05, 4.69) is 5.32 Å². The molecule has 0 saturated heterocycles. The number of hydrogen-bond acceptors (Lipinski definition) is 5. The van der Waals surface area contributed by atoms with Crippen LogP contribution in [-0.2, 0) is 11.3 Å². The van der Waals surface area contributed by atoms with Crippen molar-refractivity contribution in [1.82, 2.24) is 4.57 Å². The summed E-state index contributed by atoms with van der Waals surface area (Å²) in [6.07, 6.45) is 1.10. The number of carbonyl (C=O) groups is 1. The predicted molar refractivity (Wildman–Crippen MR) is 81.8 cm³/mol. The minimum atomic E-state index is -0.604. The van der Waals surface area contributed by atoms with Crippen LogP contribution < -0.4 is 10.9 Å². The predicted octanol–water partition coefficient (Wildman–Crippen LogP) is 1.66. The molecule has 2 rings (SSSR count). The molecule has 8 heteroatoms. The van der Waals surface area contributed by atoms with Crippen LogP contribution in [0.3, 0.4) is 0 Å². The van der Waals surface area contributed by atoms with Crippen molar-refractivity contribution in [3.8, 4) is 6.07 Å². The number of aryl methyl sites for hydroxylation is 1. The topological polar surface area (TPSA) is 118 Å². The summed E-state index contributed by atoms with van der Waals surface area (Å²) in [6, 6.07) is 10.5. The Labute approximate surface area is 130 Å². The third kappa shape index (κ3) is 4.25. The summed E-state index contributed by atoms with van der Waals surface area (Å²) in [5.74, 6) is -0.340. The molecule has 0 spiro atoms. The van der Waals surface area contributed by atoms with E-state index in [9.17, 15) is 19.7 Å². The van der Waals surface area contributed by atoms with Crippen molar-refractivity contribution in [2.24, 2.45) is 0 Å². The summed E-state index contributed by atoms with van der Waals surface area (Å²) in [5, 5.41) is 22.0. The van der Waals surface area contributed by atoms with Gasteiger partial charge in [0.15, 0.2) is 0 Å². The maximum Gasteiger partial charge on any atom is 0.285 e. The number of nitrogens with one attached hydrogen (secondary N) is 1. The Kier molecular flexibility index (Phi) is 4.84. The van der Waals surface area contributed by atoms with E-state index in [1.54, 1.807) is 24.3 Å². The SMILES string of the molecule is N#Cc1ccc(NC(=O)CCn2cc([N+](=O)[O-])ccc2=O)cc1. The number of aromatic nitrogens is 1. The third-order valence-corrected chi connectivity index (χ3v) is 3.06. The van der Waals surface area contributed by atoms with Crippen molar-refractivity contribution in [2.75, 3.05) is 5.32 Å². The molecular formula is C15H12N4O4. The number of nitriles is 1. The first-order valence-electron chi connectivity index (χ1n) is 6.64. The molecule has 0 bridgehead atoms. The Balaban J connectivity index is 1.99. The van der Waals surface area contributed by atoms with Crippen LogP contribution in [0.2, 0.25) is 0 Å². The van der Waals surface area contributed by atoms with E-state index in [0.717, 1.165) is 22.9 Å². The molecule has 0 aliphatic rings. The summed E-state index contributed by atoms with van der Waals surface area (Å²) in [4.78, 5) is 33.5. The van der Waals surface area contributed by atoms with Crippen molar-refractivity contribution >= 4 is 17.3 Å². The largest absolute Gasteiger partial charge is 0.326 e. The van der Waals surface area contributed by atoms with Gasteiger partial charge in [0, 0.05) is 30.8 Å².